The maximum absolute atomic E-state index is 13.6. The number of hydroxylamine groups is 6. The summed E-state index contributed by atoms with van der Waals surface area (Å²) < 4.78 is 3.57. The van der Waals surface area contributed by atoms with Crippen LogP contribution >= 0.6 is 69.9 Å². The maximum atomic E-state index is 13.6. The van der Waals surface area contributed by atoms with Gasteiger partial charge in [-0.1, -0.05) is 69.9 Å². The van der Waals surface area contributed by atoms with Crippen LogP contribution in [0.2, 0.25) is 20.1 Å². The van der Waals surface area contributed by atoms with E-state index in [0.29, 0.717) is 92.8 Å². The molecule has 290 valence electrons. The van der Waals surface area contributed by atoms with Crippen LogP contribution in [0.25, 0.3) is 11.4 Å². The number of carbonyl (C=O) groups excluding carboxylic acids is 2. The molecular weight excluding hydrogens is 814 g/mol. The number of thioether (sulfide) groups is 2. The average Bonchev–Trinajstić information content (AvgIpc) is 3.49. The molecule has 12 nitrogen and oxygen atoms in total. The second-order valence-electron chi connectivity index (χ2n) is 13.6. The van der Waals surface area contributed by atoms with Crippen LogP contribution in [0, 0.1) is 13.8 Å². The van der Waals surface area contributed by atoms with Crippen molar-refractivity contribution in [3.63, 3.8) is 0 Å². The van der Waals surface area contributed by atoms with Crippen LogP contribution in [-0.2, 0) is 19.3 Å². The van der Waals surface area contributed by atoms with Gasteiger partial charge in [-0.15, -0.1) is 19.5 Å². The van der Waals surface area contributed by atoms with E-state index in [4.69, 9.17) is 56.1 Å². The Morgan fingerprint density at radius 1 is 0.611 bits per heavy atom. The SMILES string of the molecule is Cc1nc(SCC[N+]2(OC(=O)C(=O)O[N+]3(CCSc4nc(C)n(-c5ccc(Cl)c(Cl)c5)n4)CCCCCC3)CCCCCC2)nn1-c1ccc(Cl)c(Cl)c1. The zero-order chi connectivity index (χ0) is 38.3. The lowest BCUT2D eigenvalue weighted by Crippen LogP contribution is -2.55. The summed E-state index contributed by atoms with van der Waals surface area (Å²) in [4.78, 5) is 48.7. The topological polar surface area (TPSA) is 114 Å². The Bertz CT molecular complexity index is 1810. The van der Waals surface area contributed by atoms with Crippen molar-refractivity contribution in [3.8, 4) is 11.4 Å². The molecule has 4 aromatic rings. The fourth-order valence-corrected chi connectivity index (χ4v) is 9.33. The minimum Gasteiger partial charge on any atom is -0.263 e. The van der Waals surface area contributed by atoms with Crippen LogP contribution in [0.3, 0.4) is 0 Å². The molecule has 2 aliphatic heterocycles. The van der Waals surface area contributed by atoms with E-state index in [9.17, 15) is 9.59 Å². The van der Waals surface area contributed by atoms with E-state index < -0.39 is 11.9 Å². The molecule has 2 aliphatic rings. The third-order valence-corrected chi connectivity index (χ3v) is 12.9. The Morgan fingerprint density at radius 2 is 0.981 bits per heavy atom. The fourth-order valence-electron chi connectivity index (χ4n) is 6.86. The van der Waals surface area contributed by atoms with Crippen molar-refractivity contribution >= 4 is 81.9 Å². The Morgan fingerprint density at radius 3 is 1.33 bits per heavy atom. The third-order valence-electron chi connectivity index (χ3n) is 9.74. The van der Waals surface area contributed by atoms with Gasteiger partial charge in [0.2, 0.25) is 10.3 Å². The molecule has 54 heavy (non-hydrogen) atoms. The Labute approximate surface area is 343 Å². The number of hydrogen-bond acceptors (Lipinski definition) is 10. The Kier molecular flexibility index (Phi) is 14.1. The summed E-state index contributed by atoms with van der Waals surface area (Å²) in [7, 11) is 0. The van der Waals surface area contributed by atoms with E-state index >= 15 is 0 Å². The van der Waals surface area contributed by atoms with Gasteiger partial charge in [0.05, 0.1) is 43.0 Å². The zero-order valence-corrected chi connectivity index (χ0v) is 35.0. The number of aryl methyl sites for hydroxylation is 2. The van der Waals surface area contributed by atoms with Crippen LogP contribution in [-0.4, -0.2) is 102 Å². The maximum Gasteiger partial charge on any atom is 0.480 e. The Hall–Kier alpha value is -2.56. The number of quaternary nitrogens is 2. The largest absolute Gasteiger partial charge is 0.480 e. The molecule has 0 amide bonds. The van der Waals surface area contributed by atoms with Gasteiger partial charge in [-0.3, -0.25) is 9.68 Å². The first-order valence-corrected chi connectivity index (χ1v) is 21.7. The minimum absolute atomic E-state index is 0.0653. The summed E-state index contributed by atoms with van der Waals surface area (Å²) in [5, 5.41) is 12.3. The molecular formula is C36H44Cl4N8O4S2+2. The van der Waals surface area contributed by atoms with Gasteiger partial charge in [0.1, 0.15) is 50.9 Å². The fraction of sp³-hybridized carbons (Fsp3) is 0.500. The summed E-state index contributed by atoms with van der Waals surface area (Å²) in [6, 6.07) is 10.6. The molecule has 2 saturated heterocycles. The van der Waals surface area contributed by atoms with Gasteiger partial charge in [0.25, 0.3) is 0 Å². The highest BCUT2D eigenvalue weighted by molar-refractivity contribution is 7.99. The van der Waals surface area contributed by atoms with Crippen LogP contribution in [0.5, 0.6) is 0 Å². The zero-order valence-electron chi connectivity index (χ0n) is 30.3. The number of benzene rings is 2. The van der Waals surface area contributed by atoms with Gasteiger partial charge in [0.15, 0.2) is 0 Å². The molecule has 0 radical (unpaired) electrons. The minimum atomic E-state index is -0.952. The predicted molar refractivity (Wildman–Crippen MR) is 213 cm³/mol. The summed E-state index contributed by atoms with van der Waals surface area (Å²) in [6.45, 7) is 7.26. The van der Waals surface area contributed by atoms with Crippen molar-refractivity contribution in [2.45, 2.75) is 75.5 Å². The first-order valence-electron chi connectivity index (χ1n) is 18.2. The second-order valence-corrected chi connectivity index (χ2v) is 17.4. The molecule has 0 aliphatic carbocycles. The highest BCUT2D eigenvalue weighted by Crippen LogP contribution is 2.29. The van der Waals surface area contributed by atoms with E-state index in [1.807, 2.05) is 26.0 Å². The monoisotopic (exact) mass is 856 g/mol. The van der Waals surface area contributed by atoms with Crippen LogP contribution < -0.4 is 0 Å². The number of rotatable bonds is 12. The lowest BCUT2D eigenvalue weighted by atomic mass is 10.2. The van der Waals surface area contributed by atoms with E-state index in [0.717, 1.165) is 62.7 Å². The van der Waals surface area contributed by atoms with E-state index in [1.165, 1.54) is 23.5 Å². The standard InChI is InChI=1S/C36H44Cl4N8O4S2/c1-25-41-35(43-45(25)27-11-13-29(37)31(39)23-27)53-21-19-47(15-7-3-4-8-16-47)51-33(49)34(50)52-48(17-9-5-6-10-18-48)20-22-54-36-42-26(2)46(44-36)28-12-14-30(38)32(40)24-28/h11-14,23-24H,3-10,15-22H2,1-2H3/q+2. The molecule has 0 bridgehead atoms. The number of aromatic nitrogens is 6. The lowest BCUT2D eigenvalue weighted by Gasteiger charge is -2.35. The van der Waals surface area contributed by atoms with Crippen molar-refractivity contribution in [1.82, 2.24) is 29.5 Å². The van der Waals surface area contributed by atoms with Crippen molar-refractivity contribution < 1.29 is 28.6 Å². The van der Waals surface area contributed by atoms with Gasteiger partial charge < -0.3 is 0 Å². The van der Waals surface area contributed by atoms with E-state index in [-0.39, 0.29) is 9.29 Å². The van der Waals surface area contributed by atoms with Crippen LogP contribution in [0.15, 0.2) is 46.7 Å². The summed E-state index contributed by atoms with van der Waals surface area (Å²) in [5.41, 5.74) is 1.52. The quantitative estimate of drug-likeness (QED) is 0.0780. The van der Waals surface area contributed by atoms with Crippen molar-refractivity contribution in [2.24, 2.45) is 0 Å². The molecule has 0 spiro atoms. The number of nitrogens with zero attached hydrogens (tertiary/aromatic N) is 8. The molecule has 0 saturated carbocycles. The number of hydrogen-bond donors (Lipinski definition) is 0. The molecule has 4 heterocycles. The molecule has 6 rings (SSSR count). The smallest absolute Gasteiger partial charge is 0.263 e. The Balaban J connectivity index is 1.08. The van der Waals surface area contributed by atoms with Crippen molar-refractivity contribution in [2.75, 3.05) is 50.8 Å². The van der Waals surface area contributed by atoms with Crippen LogP contribution in [0.4, 0.5) is 0 Å². The summed E-state index contributed by atoms with van der Waals surface area (Å²) >= 11 is 27.7. The molecule has 2 aromatic heterocycles. The highest BCUT2D eigenvalue weighted by atomic mass is 35.5. The first-order chi connectivity index (χ1) is 25.9. The van der Waals surface area contributed by atoms with Crippen molar-refractivity contribution in [1.29, 1.82) is 0 Å². The normalized spacial score (nSPS) is 17.1. The van der Waals surface area contributed by atoms with E-state index in [2.05, 4.69) is 20.2 Å². The molecule has 0 N–H and O–H groups in total. The summed E-state index contributed by atoms with van der Waals surface area (Å²) in [6.07, 6.45) is 7.74. The summed E-state index contributed by atoms with van der Waals surface area (Å²) in [5.74, 6) is 0.671. The van der Waals surface area contributed by atoms with Crippen molar-refractivity contribution in [3.05, 3.63) is 68.1 Å². The molecule has 18 heteroatoms. The van der Waals surface area contributed by atoms with Gasteiger partial charge in [0, 0.05) is 25.7 Å². The lowest BCUT2D eigenvalue weighted by molar-refractivity contribution is -1.09. The second kappa shape index (κ2) is 18.6. The first kappa shape index (κ1) is 41.1. The number of carbonyl (C=O) groups is 2. The van der Waals surface area contributed by atoms with E-state index in [1.54, 1.807) is 33.6 Å². The molecule has 2 aromatic carbocycles. The number of halogens is 4. The predicted octanol–water partition coefficient (Wildman–Crippen LogP) is 8.66. The van der Waals surface area contributed by atoms with Crippen LogP contribution in [0.1, 0.15) is 63.0 Å². The van der Waals surface area contributed by atoms with Gasteiger partial charge in [-0.05, 0) is 75.9 Å². The van der Waals surface area contributed by atoms with Gasteiger partial charge >= 0.3 is 11.9 Å². The van der Waals surface area contributed by atoms with Gasteiger partial charge in [-0.2, -0.15) is 0 Å². The average molecular weight is 859 g/mol. The molecule has 0 unspecified atom stereocenters. The van der Waals surface area contributed by atoms with Gasteiger partial charge in [-0.25, -0.2) is 28.9 Å². The molecule has 0 atom stereocenters. The highest BCUT2D eigenvalue weighted by Gasteiger charge is 2.42. The third kappa shape index (κ3) is 10.4. The number of likely N-dealkylation sites (tertiary alicyclic amines) is 2. The molecule has 2 fully saturated rings.